The number of likely N-dealkylation sites (N-methyl/N-ethyl adjacent to an activating group) is 1. The summed E-state index contributed by atoms with van der Waals surface area (Å²) in [7, 11) is 1.71. The molecule has 2 aromatic carbocycles. The summed E-state index contributed by atoms with van der Waals surface area (Å²) in [5, 5.41) is 0. The molecular formula is C48H78ClNO15. The number of fused-ring (bicyclic) bond motifs is 3. The van der Waals surface area contributed by atoms with E-state index in [-0.39, 0.29) is 12.0 Å². The number of benzene rings is 2. The second kappa shape index (κ2) is 41.7. The van der Waals surface area contributed by atoms with Gasteiger partial charge in [0.15, 0.2) is 0 Å². The van der Waals surface area contributed by atoms with Crippen molar-refractivity contribution in [3.8, 4) is 11.1 Å². The normalized spacial score (nSPS) is 12.2. The Kier molecular flexibility index (Phi) is 36.4. The first kappa shape index (κ1) is 56.8. The minimum Gasteiger partial charge on any atom is -0.448 e. The van der Waals surface area contributed by atoms with Gasteiger partial charge >= 0.3 is 6.09 Å². The standard InChI is InChI=1S/C48H78ClNO15/c1-50(48(51)65-42-47-45-12-6-4-10-43(45)44-11-5-7-13-46(44)47)15-17-53-19-21-55-23-25-57-27-29-59-31-33-61-35-37-63-39-41-64-40-38-62-36-34-60-32-30-58-28-26-56-24-22-54-20-18-52-16-9-3-2-8-14-49/h4-7,10-13,47H,2-3,8-9,14-42H2,1H3. The van der Waals surface area contributed by atoms with E-state index in [1.807, 2.05) is 24.3 Å². The molecule has 0 saturated carbocycles. The van der Waals surface area contributed by atoms with Crippen molar-refractivity contribution in [1.82, 2.24) is 4.90 Å². The third-order valence-corrected chi connectivity index (χ3v) is 10.1. The number of alkyl halides is 1. The van der Waals surface area contributed by atoms with Crippen molar-refractivity contribution in [1.29, 1.82) is 0 Å². The molecule has 0 spiro atoms. The van der Waals surface area contributed by atoms with Crippen LogP contribution in [0.2, 0.25) is 0 Å². The predicted octanol–water partition coefficient (Wildman–Crippen LogP) is 5.88. The van der Waals surface area contributed by atoms with Gasteiger partial charge in [-0.05, 0) is 35.1 Å². The molecule has 0 aromatic heterocycles. The highest BCUT2D eigenvalue weighted by molar-refractivity contribution is 6.17. The second-order valence-corrected chi connectivity index (χ2v) is 15.2. The van der Waals surface area contributed by atoms with Gasteiger partial charge in [0.25, 0.3) is 0 Å². The zero-order valence-corrected chi connectivity index (χ0v) is 39.7. The van der Waals surface area contributed by atoms with Gasteiger partial charge in [0.1, 0.15) is 6.61 Å². The Labute approximate surface area is 392 Å². The molecule has 372 valence electrons. The SMILES string of the molecule is CN(CCOCCOCCOCCOCCOCCOCCOCCOCCOCCOCCOCCOCCOCCCCCCCl)C(=O)OCC1c2ccccc2-c2ccccc21. The number of nitrogens with zero attached hydrogens (tertiary/aromatic N) is 1. The molecule has 0 atom stereocenters. The topological polar surface area (TPSA) is 150 Å². The molecule has 17 heteroatoms. The largest absolute Gasteiger partial charge is 0.448 e. The van der Waals surface area contributed by atoms with E-state index in [0.29, 0.717) is 178 Å². The average molecular weight is 945 g/mol. The van der Waals surface area contributed by atoms with Gasteiger partial charge < -0.3 is 71.2 Å². The van der Waals surface area contributed by atoms with E-state index in [2.05, 4.69) is 24.3 Å². The van der Waals surface area contributed by atoms with Crippen LogP contribution in [0.4, 0.5) is 4.79 Å². The molecule has 0 aliphatic heterocycles. The van der Waals surface area contributed by atoms with Crippen LogP contribution in [-0.4, -0.2) is 209 Å². The molecule has 65 heavy (non-hydrogen) atoms. The van der Waals surface area contributed by atoms with Crippen LogP contribution < -0.4 is 0 Å². The lowest BCUT2D eigenvalue weighted by molar-refractivity contribution is -0.0291. The molecule has 1 aliphatic rings. The number of rotatable bonds is 47. The Morgan fingerprint density at radius 3 is 1.05 bits per heavy atom. The molecule has 0 saturated heterocycles. The summed E-state index contributed by atoms with van der Waals surface area (Å²) in [5.74, 6) is 0.773. The summed E-state index contributed by atoms with van der Waals surface area (Å²) in [6.07, 6.45) is 4.11. The number of hydrogen-bond acceptors (Lipinski definition) is 15. The van der Waals surface area contributed by atoms with Crippen molar-refractivity contribution in [3.63, 3.8) is 0 Å². The van der Waals surface area contributed by atoms with E-state index in [1.165, 1.54) is 33.6 Å². The monoisotopic (exact) mass is 944 g/mol. The quantitative estimate of drug-likeness (QED) is 0.0574. The Bertz CT molecular complexity index is 1350. The Hall–Kier alpha value is -2.52. The molecule has 1 amide bonds. The van der Waals surface area contributed by atoms with Crippen LogP contribution in [0.5, 0.6) is 0 Å². The first-order valence-electron chi connectivity index (χ1n) is 23.3. The molecule has 0 heterocycles. The second-order valence-electron chi connectivity index (χ2n) is 14.8. The summed E-state index contributed by atoms with van der Waals surface area (Å²) < 4.78 is 77.6. The van der Waals surface area contributed by atoms with Gasteiger partial charge in [-0.25, -0.2) is 4.79 Å². The first-order valence-corrected chi connectivity index (χ1v) is 23.9. The van der Waals surface area contributed by atoms with Crippen molar-refractivity contribution < 1.29 is 71.1 Å². The number of hydrogen-bond donors (Lipinski definition) is 0. The number of amides is 1. The van der Waals surface area contributed by atoms with Gasteiger partial charge in [0, 0.05) is 32.0 Å². The maximum absolute atomic E-state index is 12.6. The fourth-order valence-electron chi connectivity index (χ4n) is 6.39. The Morgan fingerprint density at radius 2 is 0.708 bits per heavy atom. The van der Waals surface area contributed by atoms with Gasteiger partial charge in [0.05, 0.1) is 165 Å². The van der Waals surface area contributed by atoms with Crippen LogP contribution in [0.1, 0.15) is 42.7 Å². The van der Waals surface area contributed by atoms with Crippen LogP contribution in [0.3, 0.4) is 0 Å². The fourth-order valence-corrected chi connectivity index (χ4v) is 6.58. The number of unbranched alkanes of at least 4 members (excludes halogenated alkanes) is 3. The summed E-state index contributed by atoms with van der Waals surface area (Å²) in [6, 6.07) is 16.6. The molecule has 0 N–H and O–H groups in total. The van der Waals surface area contributed by atoms with Crippen LogP contribution in [0.15, 0.2) is 48.5 Å². The first-order chi connectivity index (χ1) is 32.2. The minimum absolute atomic E-state index is 0.0351. The van der Waals surface area contributed by atoms with Gasteiger partial charge in [-0.3, -0.25) is 0 Å². The molecule has 0 unspecified atom stereocenters. The van der Waals surface area contributed by atoms with Gasteiger partial charge in [-0.15, -0.1) is 11.6 Å². The zero-order valence-electron chi connectivity index (χ0n) is 39.0. The van der Waals surface area contributed by atoms with Crippen molar-refractivity contribution >= 4 is 17.7 Å². The fraction of sp³-hybridized carbons (Fsp3) is 0.729. The summed E-state index contributed by atoms with van der Waals surface area (Å²) in [4.78, 5) is 14.2. The summed E-state index contributed by atoms with van der Waals surface area (Å²) >= 11 is 5.67. The van der Waals surface area contributed by atoms with Crippen LogP contribution >= 0.6 is 11.6 Å². The van der Waals surface area contributed by atoms with E-state index in [4.69, 9.17) is 77.9 Å². The maximum Gasteiger partial charge on any atom is 0.409 e. The van der Waals surface area contributed by atoms with Gasteiger partial charge in [-0.1, -0.05) is 61.4 Å². The molecule has 0 bridgehead atoms. The summed E-state index contributed by atoms with van der Waals surface area (Å²) in [6.45, 7) is 13.9. The van der Waals surface area contributed by atoms with Gasteiger partial charge in [0.2, 0.25) is 0 Å². The van der Waals surface area contributed by atoms with Gasteiger partial charge in [-0.2, -0.15) is 0 Å². The van der Waals surface area contributed by atoms with Crippen molar-refractivity contribution in [2.45, 2.75) is 31.6 Å². The van der Waals surface area contributed by atoms with E-state index >= 15 is 0 Å². The summed E-state index contributed by atoms with van der Waals surface area (Å²) in [5.41, 5.74) is 4.79. The third kappa shape index (κ3) is 29.1. The highest BCUT2D eigenvalue weighted by atomic mass is 35.5. The molecule has 16 nitrogen and oxygen atoms in total. The highest BCUT2D eigenvalue weighted by Gasteiger charge is 2.29. The highest BCUT2D eigenvalue weighted by Crippen LogP contribution is 2.44. The van der Waals surface area contributed by atoms with E-state index in [9.17, 15) is 4.79 Å². The smallest absolute Gasteiger partial charge is 0.409 e. The third-order valence-electron chi connectivity index (χ3n) is 9.86. The lowest BCUT2D eigenvalue weighted by Crippen LogP contribution is -2.32. The van der Waals surface area contributed by atoms with Crippen LogP contribution in [0.25, 0.3) is 11.1 Å². The lowest BCUT2D eigenvalue weighted by atomic mass is 9.98. The van der Waals surface area contributed by atoms with Crippen LogP contribution in [0, 0.1) is 0 Å². The number of ether oxygens (including phenoxy) is 14. The Morgan fingerprint density at radius 1 is 0.415 bits per heavy atom. The molecule has 3 rings (SSSR count). The number of halogens is 1. The molecule has 0 radical (unpaired) electrons. The molecular weight excluding hydrogens is 866 g/mol. The molecule has 2 aromatic rings. The average Bonchev–Trinajstić information content (AvgIpc) is 3.65. The number of carbonyl (C=O) groups excluding carboxylic acids is 1. The minimum atomic E-state index is -0.366. The van der Waals surface area contributed by atoms with Crippen molar-refractivity contribution in [3.05, 3.63) is 59.7 Å². The van der Waals surface area contributed by atoms with E-state index < -0.39 is 0 Å². The predicted molar refractivity (Wildman–Crippen MR) is 248 cm³/mol. The van der Waals surface area contributed by atoms with Crippen molar-refractivity contribution in [2.75, 3.05) is 198 Å². The molecule has 0 fully saturated rings. The molecule has 1 aliphatic carbocycles. The van der Waals surface area contributed by atoms with Crippen LogP contribution in [-0.2, 0) is 66.3 Å². The Balaban J connectivity index is 0.919. The zero-order chi connectivity index (χ0) is 45.9. The van der Waals surface area contributed by atoms with E-state index in [1.54, 1.807) is 7.05 Å². The number of carbonyl (C=O) groups is 1. The maximum atomic E-state index is 12.6. The van der Waals surface area contributed by atoms with Crippen molar-refractivity contribution in [2.24, 2.45) is 0 Å². The van der Waals surface area contributed by atoms with E-state index in [0.717, 1.165) is 31.7 Å². The lowest BCUT2D eigenvalue weighted by Gasteiger charge is -2.19.